The van der Waals surface area contributed by atoms with E-state index in [1.54, 1.807) is 37.1 Å². The summed E-state index contributed by atoms with van der Waals surface area (Å²) in [5.74, 6) is -0.648. The largest absolute Gasteiger partial charge is 0.351 e. The average Bonchev–Trinajstić information content (AvgIpc) is 3.24. The zero-order valence-electron chi connectivity index (χ0n) is 22.0. The number of hydrazine groups is 1. The topological polar surface area (TPSA) is 112 Å². The Morgan fingerprint density at radius 2 is 1.72 bits per heavy atom. The third-order valence-electron chi connectivity index (χ3n) is 5.49. The van der Waals surface area contributed by atoms with Gasteiger partial charge in [0.15, 0.2) is 6.29 Å². The number of nitrogens with one attached hydrogen (secondary N) is 3. The molecule has 0 fully saturated rings. The molecule has 36 heavy (non-hydrogen) atoms. The van der Waals surface area contributed by atoms with Crippen molar-refractivity contribution in [3.8, 4) is 0 Å². The van der Waals surface area contributed by atoms with E-state index in [9.17, 15) is 14.4 Å². The zero-order valence-corrected chi connectivity index (χ0v) is 22.8. The number of urea groups is 1. The normalized spacial score (nSPS) is 13.0. The Morgan fingerprint density at radius 1 is 1.06 bits per heavy atom. The number of amides is 4. The number of hydrogen-bond acceptors (Lipinski definition) is 7. The van der Waals surface area contributed by atoms with Gasteiger partial charge in [0.05, 0.1) is 12.6 Å². The summed E-state index contributed by atoms with van der Waals surface area (Å²) in [6.07, 6.45) is -0.607. The molecule has 0 radical (unpaired) electrons. The van der Waals surface area contributed by atoms with E-state index in [1.807, 2.05) is 39.0 Å². The number of hydrogen-bond donors (Lipinski definition) is 3. The van der Waals surface area contributed by atoms with E-state index in [0.29, 0.717) is 26.3 Å². The minimum Gasteiger partial charge on any atom is -0.351 e. The minimum absolute atomic E-state index is 0.111. The fourth-order valence-corrected chi connectivity index (χ4v) is 4.74. The number of carbonyl (C=O) groups is 3. The number of nitrogens with zero attached hydrogens (tertiary/aromatic N) is 2. The van der Waals surface area contributed by atoms with Gasteiger partial charge in [0.1, 0.15) is 6.04 Å². The molecule has 0 spiro atoms. The smallest absolute Gasteiger partial charge is 0.329 e. The van der Waals surface area contributed by atoms with Crippen LogP contribution < -0.4 is 16.1 Å². The standard InChI is InChI=1S/C25H39N5O5S/c1-7-26-25(33)28-29(6)15-22(31)27-17(4)23(32)30(18(5)24(34-8-2)35-9-3)14-19-16-36-21-13-11-10-12-20(19)21/h10-13,16-18,24H,7-9,14-15H2,1-6H3,(H,27,31)(H2,26,28,33). The lowest BCUT2D eigenvalue weighted by Crippen LogP contribution is -2.55. The van der Waals surface area contributed by atoms with Gasteiger partial charge in [-0.2, -0.15) is 0 Å². The number of likely N-dealkylation sites (N-methyl/N-ethyl adjacent to an activating group) is 1. The molecule has 10 nitrogen and oxygen atoms in total. The Morgan fingerprint density at radius 3 is 2.36 bits per heavy atom. The third-order valence-corrected chi connectivity index (χ3v) is 6.50. The molecule has 0 saturated heterocycles. The van der Waals surface area contributed by atoms with Crippen LogP contribution in [0.2, 0.25) is 0 Å². The second-order valence-corrected chi connectivity index (χ2v) is 9.27. The molecule has 2 atom stereocenters. The summed E-state index contributed by atoms with van der Waals surface area (Å²) in [6.45, 7) is 10.7. The zero-order chi connectivity index (χ0) is 26.7. The number of rotatable bonds is 14. The Bertz CT molecular complexity index is 994. The molecule has 0 aliphatic carbocycles. The van der Waals surface area contributed by atoms with Crippen LogP contribution in [0.3, 0.4) is 0 Å². The van der Waals surface area contributed by atoms with Crippen LogP contribution in [-0.2, 0) is 25.6 Å². The van der Waals surface area contributed by atoms with Gasteiger partial charge in [-0.1, -0.05) is 18.2 Å². The summed E-state index contributed by atoms with van der Waals surface area (Å²) in [5, 5.41) is 9.84. The van der Waals surface area contributed by atoms with Crippen LogP contribution in [-0.4, -0.2) is 79.5 Å². The molecule has 1 heterocycles. The first-order chi connectivity index (χ1) is 17.2. The number of benzene rings is 1. The van der Waals surface area contributed by atoms with Crippen molar-refractivity contribution in [3.63, 3.8) is 0 Å². The maximum Gasteiger partial charge on any atom is 0.329 e. The van der Waals surface area contributed by atoms with Crippen LogP contribution in [0, 0.1) is 0 Å². The first-order valence-electron chi connectivity index (χ1n) is 12.2. The van der Waals surface area contributed by atoms with Gasteiger partial charge in [-0.3, -0.25) is 15.0 Å². The Hall–Kier alpha value is -2.73. The molecule has 0 aliphatic rings. The second-order valence-electron chi connectivity index (χ2n) is 8.36. The van der Waals surface area contributed by atoms with Gasteiger partial charge in [0.2, 0.25) is 11.8 Å². The molecule has 1 aromatic carbocycles. The lowest BCUT2D eigenvalue weighted by molar-refractivity contribution is -0.179. The van der Waals surface area contributed by atoms with E-state index in [2.05, 4.69) is 27.5 Å². The fourth-order valence-electron chi connectivity index (χ4n) is 3.79. The quantitative estimate of drug-likeness (QED) is 0.260. The maximum absolute atomic E-state index is 13.7. The lowest BCUT2D eigenvalue weighted by Gasteiger charge is -2.36. The number of fused-ring (bicyclic) bond motifs is 1. The second kappa shape index (κ2) is 14.7. The van der Waals surface area contributed by atoms with E-state index in [4.69, 9.17) is 9.47 Å². The number of thiophene rings is 1. The highest BCUT2D eigenvalue weighted by Gasteiger charge is 2.32. The molecule has 2 unspecified atom stereocenters. The number of ether oxygens (including phenoxy) is 2. The van der Waals surface area contributed by atoms with Crippen molar-refractivity contribution in [2.75, 3.05) is 33.4 Å². The highest BCUT2D eigenvalue weighted by molar-refractivity contribution is 7.17. The summed E-state index contributed by atoms with van der Waals surface area (Å²) >= 11 is 1.63. The molecule has 2 rings (SSSR count). The van der Waals surface area contributed by atoms with Crippen molar-refractivity contribution in [1.29, 1.82) is 0 Å². The molecule has 0 aliphatic heterocycles. The van der Waals surface area contributed by atoms with Gasteiger partial charge in [-0.05, 0) is 57.0 Å². The van der Waals surface area contributed by atoms with Gasteiger partial charge in [-0.15, -0.1) is 11.3 Å². The summed E-state index contributed by atoms with van der Waals surface area (Å²) in [6, 6.07) is 6.45. The van der Waals surface area contributed by atoms with Gasteiger partial charge in [-0.25, -0.2) is 9.80 Å². The molecule has 11 heteroatoms. The van der Waals surface area contributed by atoms with E-state index < -0.39 is 30.3 Å². The molecule has 0 saturated carbocycles. The first-order valence-corrected chi connectivity index (χ1v) is 13.1. The summed E-state index contributed by atoms with van der Waals surface area (Å²) in [4.78, 5) is 39.6. The fraction of sp³-hybridized carbons (Fsp3) is 0.560. The Balaban J connectivity index is 2.18. The van der Waals surface area contributed by atoms with Crippen LogP contribution in [0.15, 0.2) is 29.6 Å². The van der Waals surface area contributed by atoms with Crippen LogP contribution in [0.4, 0.5) is 4.79 Å². The monoisotopic (exact) mass is 521 g/mol. The molecular weight excluding hydrogens is 482 g/mol. The molecular formula is C25H39N5O5S. The summed E-state index contributed by atoms with van der Waals surface area (Å²) < 4.78 is 12.7. The lowest BCUT2D eigenvalue weighted by atomic mass is 10.1. The van der Waals surface area contributed by atoms with Crippen molar-refractivity contribution >= 4 is 39.3 Å². The van der Waals surface area contributed by atoms with Crippen LogP contribution >= 0.6 is 11.3 Å². The predicted octanol–water partition coefficient (Wildman–Crippen LogP) is 2.69. The molecule has 3 N–H and O–H groups in total. The average molecular weight is 522 g/mol. The van der Waals surface area contributed by atoms with Crippen LogP contribution in [0.5, 0.6) is 0 Å². The Kier molecular flexibility index (Phi) is 12.1. The predicted molar refractivity (Wildman–Crippen MR) is 141 cm³/mol. The van der Waals surface area contributed by atoms with Crippen molar-refractivity contribution in [2.45, 2.75) is 59.5 Å². The van der Waals surface area contributed by atoms with Crippen LogP contribution in [0.25, 0.3) is 10.1 Å². The van der Waals surface area contributed by atoms with E-state index in [1.165, 1.54) is 5.01 Å². The highest BCUT2D eigenvalue weighted by Crippen LogP contribution is 2.28. The molecule has 0 bridgehead atoms. The summed E-state index contributed by atoms with van der Waals surface area (Å²) in [7, 11) is 1.58. The first kappa shape index (κ1) is 29.5. The third kappa shape index (κ3) is 8.44. The molecule has 200 valence electrons. The van der Waals surface area contributed by atoms with Crippen molar-refractivity contribution in [2.24, 2.45) is 0 Å². The van der Waals surface area contributed by atoms with Crippen molar-refractivity contribution < 1.29 is 23.9 Å². The van der Waals surface area contributed by atoms with Gasteiger partial charge in [0.25, 0.3) is 0 Å². The van der Waals surface area contributed by atoms with Gasteiger partial charge >= 0.3 is 6.03 Å². The van der Waals surface area contributed by atoms with Gasteiger partial charge in [0, 0.05) is 38.1 Å². The van der Waals surface area contributed by atoms with Gasteiger partial charge < -0.3 is 25.0 Å². The van der Waals surface area contributed by atoms with Crippen molar-refractivity contribution in [1.82, 2.24) is 26.0 Å². The van der Waals surface area contributed by atoms with E-state index >= 15 is 0 Å². The number of carbonyl (C=O) groups excluding carboxylic acids is 3. The van der Waals surface area contributed by atoms with Crippen LogP contribution in [0.1, 0.15) is 40.2 Å². The van der Waals surface area contributed by atoms with E-state index in [-0.39, 0.29) is 12.5 Å². The Labute approximate surface area is 217 Å². The molecule has 2 aromatic rings. The summed E-state index contributed by atoms with van der Waals surface area (Å²) in [5.41, 5.74) is 3.56. The van der Waals surface area contributed by atoms with Crippen molar-refractivity contribution in [3.05, 3.63) is 35.2 Å². The highest BCUT2D eigenvalue weighted by atomic mass is 32.1. The molecule has 1 aromatic heterocycles. The molecule has 4 amide bonds. The minimum atomic E-state index is -0.799. The SMILES string of the molecule is CCNC(=O)NN(C)CC(=O)NC(C)C(=O)N(Cc1csc2ccccc12)C(C)C(OCC)OCC. The maximum atomic E-state index is 13.7. The van der Waals surface area contributed by atoms with E-state index in [0.717, 1.165) is 15.6 Å².